The van der Waals surface area contributed by atoms with Crippen LogP contribution in [0.2, 0.25) is 0 Å². The maximum Gasteiger partial charge on any atom is 0.227 e. The summed E-state index contributed by atoms with van der Waals surface area (Å²) >= 11 is 0. The normalized spacial score (nSPS) is 11.6. The van der Waals surface area contributed by atoms with Crippen LogP contribution in [0.15, 0.2) is 205 Å². The molecule has 0 amide bonds. The quantitative estimate of drug-likeness (QED) is 0.173. The van der Waals surface area contributed by atoms with E-state index >= 15 is 0 Å². The summed E-state index contributed by atoms with van der Waals surface area (Å²) < 4.78 is 9.02. The first kappa shape index (κ1) is 31.1. The summed E-state index contributed by atoms with van der Waals surface area (Å²) in [6, 6.07) is 71.0. The second-order valence-electron chi connectivity index (χ2n) is 14.0. The second kappa shape index (κ2) is 12.6. The van der Waals surface area contributed by atoms with E-state index in [-0.39, 0.29) is 0 Å². The third-order valence-corrected chi connectivity index (χ3v) is 10.8. The summed E-state index contributed by atoms with van der Waals surface area (Å²) in [5.74, 6) is 0.602. The molecule has 11 rings (SSSR count). The Morgan fingerprint density at radius 1 is 0.436 bits per heavy atom. The number of nitrogens with zero attached hydrogens (tertiary/aromatic N) is 3. The zero-order valence-corrected chi connectivity index (χ0v) is 29.8. The SMILES string of the molecule is c1ccc(-c2nc3cccc(N(c4cccc(-c5ccc6c7c8ccccc8ccc7n(-c7ccccc7)c6c5)c4)c4ccc5ccccc5c4)c3o2)cc1. The first-order valence-electron chi connectivity index (χ1n) is 18.6. The van der Waals surface area contributed by atoms with E-state index in [0.717, 1.165) is 50.5 Å². The van der Waals surface area contributed by atoms with Crippen molar-refractivity contribution in [3.05, 3.63) is 200 Å². The lowest BCUT2D eigenvalue weighted by Gasteiger charge is -2.26. The Morgan fingerprint density at radius 2 is 1.13 bits per heavy atom. The van der Waals surface area contributed by atoms with Crippen LogP contribution in [0, 0.1) is 0 Å². The van der Waals surface area contributed by atoms with Gasteiger partial charge < -0.3 is 13.9 Å². The first-order valence-corrected chi connectivity index (χ1v) is 18.6. The van der Waals surface area contributed by atoms with Crippen molar-refractivity contribution in [2.24, 2.45) is 0 Å². The molecular weight excluding hydrogens is 671 g/mol. The highest BCUT2D eigenvalue weighted by molar-refractivity contribution is 6.21. The Hall–Kier alpha value is -7.43. The zero-order chi connectivity index (χ0) is 36.3. The van der Waals surface area contributed by atoms with E-state index in [9.17, 15) is 0 Å². The van der Waals surface area contributed by atoms with Crippen molar-refractivity contribution < 1.29 is 4.42 Å². The fraction of sp³-hybridized carbons (Fsp3) is 0. The number of para-hydroxylation sites is 2. The fourth-order valence-electron chi connectivity index (χ4n) is 8.20. The lowest BCUT2D eigenvalue weighted by molar-refractivity contribution is 0.620. The molecule has 2 aromatic heterocycles. The van der Waals surface area contributed by atoms with Crippen molar-refractivity contribution in [2.75, 3.05) is 4.90 Å². The smallest absolute Gasteiger partial charge is 0.227 e. The number of hydrogen-bond donors (Lipinski definition) is 0. The first-order chi connectivity index (χ1) is 27.3. The van der Waals surface area contributed by atoms with Crippen LogP contribution >= 0.6 is 0 Å². The van der Waals surface area contributed by atoms with Crippen LogP contribution in [0.1, 0.15) is 0 Å². The van der Waals surface area contributed by atoms with Gasteiger partial charge in [0.05, 0.1) is 16.7 Å². The molecule has 0 saturated carbocycles. The molecule has 0 N–H and O–H groups in total. The molecule has 4 heteroatoms. The number of oxazole rings is 1. The van der Waals surface area contributed by atoms with E-state index in [1.165, 1.54) is 43.4 Å². The summed E-state index contributed by atoms with van der Waals surface area (Å²) in [5.41, 5.74) is 11.2. The van der Waals surface area contributed by atoms with Gasteiger partial charge in [-0.15, -0.1) is 0 Å². The number of aromatic nitrogens is 2. The summed E-state index contributed by atoms with van der Waals surface area (Å²) in [7, 11) is 0. The standard InChI is InChI=1S/C51H33N3O/c1-3-15-36(16-4-1)51-52-45-23-12-24-47(50(45)55-51)53(42-28-25-34-13-7-8-17-37(34)31-42)41-21-11-18-38(32-41)39-26-29-44-48(33-39)54(40-19-5-2-6-20-40)46-30-27-35-14-9-10-22-43(35)49(44)46/h1-33H. The van der Waals surface area contributed by atoms with Gasteiger partial charge in [-0.25, -0.2) is 4.98 Å². The topological polar surface area (TPSA) is 34.2 Å². The molecular formula is C51H33N3O. The number of benzene rings is 9. The largest absolute Gasteiger partial charge is 0.434 e. The van der Waals surface area contributed by atoms with Crippen molar-refractivity contribution in [1.82, 2.24) is 9.55 Å². The molecule has 0 unspecified atom stereocenters. The highest BCUT2D eigenvalue weighted by Gasteiger charge is 2.21. The minimum atomic E-state index is 0.602. The van der Waals surface area contributed by atoms with Crippen LogP contribution in [0.4, 0.5) is 17.1 Å². The Labute approximate surface area is 317 Å². The summed E-state index contributed by atoms with van der Waals surface area (Å²) in [6.45, 7) is 0. The second-order valence-corrected chi connectivity index (χ2v) is 14.0. The monoisotopic (exact) mass is 703 g/mol. The Bertz CT molecular complexity index is 3210. The summed E-state index contributed by atoms with van der Waals surface area (Å²) in [6.07, 6.45) is 0. The van der Waals surface area contributed by atoms with E-state index in [0.29, 0.717) is 5.89 Å². The Balaban J connectivity index is 1.11. The van der Waals surface area contributed by atoms with E-state index in [1.807, 2.05) is 36.4 Å². The predicted molar refractivity (Wildman–Crippen MR) is 229 cm³/mol. The third kappa shape index (κ3) is 5.19. The van der Waals surface area contributed by atoms with Gasteiger partial charge in [-0.1, -0.05) is 127 Å². The summed E-state index contributed by atoms with van der Waals surface area (Å²) in [5, 5.41) is 7.37. The van der Waals surface area contributed by atoms with Gasteiger partial charge in [0.1, 0.15) is 5.52 Å². The van der Waals surface area contributed by atoms with E-state index in [2.05, 4.69) is 173 Å². The van der Waals surface area contributed by atoms with Gasteiger partial charge in [0.2, 0.25) is 5.89 Å². The highest BCUT2D eigenvalue weighted by Crippen LogP contribution is 2.43. The van der Waals surface area contributed by atoms with Crippen LogP contribution in [-0.4, -0.2) is 9.55 Å². The van der Waals surface area contributed by atoms with Gasteiger partial charge in [-0.3, -0.25) is 0 Å². The molecule has 0 saturated heterocycles. The fourth-order valence-corrected chi connectivity index (χ4v) is 8.20. The van der Waals surface area contributed by atoms with Crippen molar-refractivity contribution >= 4 is 71.5 Å². The van der Waals surface area contributed by atoms with Crippen LogP contribution in [0.5, 0.6) is 0 Å². The maximum atomic E-state index is 6.62. The van der Waals surface area contributed by atoms with Crippen LogP contribution in [0.25, 0.3) is 82.7 Å². The van der Waals surface area contributed by atoms with Crippen molar-refractivity contribution in [1.29, 1.82) is 0 Å². The molecule has 0 radical (unpaired) electrons. The molecule has 55 heavy (non-hydrogen) atoms. The van der Waals surface area contributed by atoms with E-state index < -0.39 is 0 Å². The molecule has 258 valence electrons. The van der Waals surface area contributed by atoms with Gasteiger partial charge in [-0.2, -0.15) is 0 Å². The number of hydrogen-bond acceptors (Lipinski definition) is 3. The molecule has 0 aliphatic carbocycles. The maximum absolute atomic E-state index is 6.62. The Morgan fingerprint density at radius 3 is 2.00 bits per heavy atom. The van der Waals surface area contributed by atoms with Crippen molar-refractivity contribution in [3.63, 3.8) is 0 Å². The number of fused-ring (bicyclic) bond motifs is 7. The molecule has 0 spiro atoms. The third-order valence-electron chi connectivity index (χ3n) is 10.8. The van der Waals surface area contributed by atoms with E-state index in [1.54, 1.807) is 0 Å². The van der Waals surface area contributed by atoms with Crippen LogP contribution in [0.3, 0.4) is 0 Å². The molecule has 4 nitrogen and oxygen atoms in total. The van der Waals surface area contributed by atoms with Crippen LogP contribution < -0.4 is 4.90 Å². The number of rotatable bonds is 6. The van der Waals surface area contributed by atoms with Gasteiger partial charge in [-0.05, 0) is 105 Å². The summed E-state index contributed by atoms with van der Waals surface area (Å²) in [4.78, 5) is 7.23. The molecule has 0 aliphatic rings. The lowest BCUT2D eigenvalue weighted by Crippen LogP contribution is -2.10. The molecule has 2 heterocycles. The molecule has 0 fully saturated rings. The van der Waals surface area contributed by atoms with Gasteiger partial charge in [0.25, 0.3) is 0 Å². The molecule has 0 atom stereocenters. The molecule has 9 aromatic carbocycles. The average Bonchev–Trinajstić information content (AvgIpc) is 3.85. The molecule has 0 aliphatic heterocycles. The zero-order valence-electron chi connectivity index (χ0n) is 29.8. The Kier molecular flexibility index (Phi) is 7.14. The average molecular weight is 704 g/mol. The minimum Gasteiger partial charge on any atom is -0.434 e. The van der Waals surface area contributed by atoms with Crippen molar-refractivity contribution in [3.8, 4) is 28.3 Å². The van der Waals surface area contributed by atoms with Crippen LogP contribution in [-0.2, 0) is 0 Å². The lowest BCUT2D eigenvalue weighted by atomic mass is 10.00. The molecule has 0 bridgehead atoms. The minimum absolute atomic E-state index is 0.602. The highest BCUT2D eigenvalue weighted by atomic mass is 16.3. The molecule has 11 aromatic rings. The predicted octanol–water partition coefficient (Wildman–Crippen LogP) is 14.0. The van der Waals surface area contributed by atoms with Gasteiger partial charge in [0.15, 0.2) is 5.58 Å². The van der Waals surface area contributed by atoms with Crippen molar-refractivity contribution in [2.45, 2.75) is 0 Å². The van der Waals surface area contributed by atoms with Gasteiger partial charge in [0, 0.05) is 33.4 Å². The van der Waals surface area contributed by atoms with Gasteiger partial charge >= 0.3 is 0 Å². The van der Waals surface area contributed by atoms with E-state index in [4.69, 9.17) is 9.40 Å². The number of anilines is 3.